The molecule has 1 aliphatic heterocycles. The second kappa shape index (κ2) is 11.5. The van der Waals surface area contributed by atoms with Crippen molar-refractivity contribution in [2.45, 2.75) is 32.9 Å². The number of aryl methyl sites for hydroxylation is 1. The van der Waals surface area contributed by atoms with Gasteiger partial charge in [-0.15, -0.1) is 0 Å². The molecule has 0 bridgehead atoms. The molecule has 0 spiro atoms. The molecule has 1 aliphatic rings. The summed E-state index contributed by atoms with van der Waals surface area (Å²) >= 11 is 0.835. The fraction of sp³-hybridized carbons (Fsp3) is 0.296. The van der Waals surface area contributed by atoms with E-state index in [9.17, 15) is 18.8 Å². The lowest BCUT2D eigenvalue weighted by Crippen LogP contribution is -2.28. The van der Waals surface area contributed by atoms with Crippen LogP contribution in [0.25, 0.3) is 17.0 Å². The van der Waals surface area contributed by atoms with Gasteiger partial charge in [0.2, 0.25) is 5.91 Å². The number of nitrogens with one attached hydrogen (secondary N) is 1. The molecule has 0 saturated carbocycles. The highest BCUT2D eigenvalue weighted by atomic mass is 32.2. The first-order valence-electron chi connectivity index (χ1n) is 11.8. The van der Waals surface area contributed by atoms with Crippen molar-refractivity contribution in [1.29, 1.82) is 0 Å². The molecule has 1 fully saturated rings. The van der Waals surface area contributed by atoms with Crippen LogP contribution in [-0.4, -0.2) is 46.8 Å². The van der Waals surface area contributed by atoms with Crippen LogP contribution < -0.4 is 5.32 Å². The second-order valence-electron chi connectivity index (χ2n) is 8.43. The van der Waals surface area contributed by atoms with Gasteiger partial charge >= 0.3 is 0 Å². The number of methoxy groups -OCH3 is 1. The Hall–Kier alpha value is -3.43. The standard InChI is InChI=1S/C27H28FN3O4S/c1-3-18-9-6-10-21-20(15-30(25(18)21)17-24(32)29-12-7-13-35-2)14-23-26(33)31(27(34)36-23)16-19-8-4-5-11-22(19)28/h4-6,8-11,14-15H,3,7,12-13,16-17H2,1-2H3,(H,29,32)/b23-14-. The Balaban J connectivity index is 1.62. The monoisotopic (exact) mass is 509 g/mol. The summed E-state index contributed by atoms with van der Waals surface area (Å²) in [6.07, 6.45) is 5.02. The van der Waals surface area contributed by atoms with E-state index in [-0.39, 0.29) is 29.5 Å². The molecule has 3 aromatic rings. The van der Waals surface area contributed by atoms with E-state index in [1.165, 1.54) is 6.07 Å². The maximum atomic E-state index is 14.1. The minimum absolute atomic E-state index is 0.120. The van der Waals surface area contributed by atoms with Crippen LogP contribution in [0.5, 0.6) is 0 Å². The lowest BCUT2D eigenvalue weighted by atomic mass is 10.1. The van der Waals surface area contributed by atoms with Crippen LogP contribution in [-0.2, 0) is 33.8 Å². The average molecular weight is 510 g/mol. The molecular weight excluding hydrogens is 481 g/mol. The number of nitrogens with zero attached hydrogens (tertiary/aromatic N) is 2. The number of thioether (sulfide) groups is 1. The number of amides is 3. The van der Waals surface area contributed by atoms with Crippen LogP contribution >= 0.6 is 11.8 Å². The van der Waals surface area contributed by atoms with Gasteiger partial charge in [-0.1, -0.05) is 43.3 Å². The minimum Gasteiger partial charge on any atom is -0.385 e. The number of ether oxygens (including phenoxy) is 1. The Bertz CT molecular complexity index is 1330. The number of carbonyl (C=O) groups excluding carboxylic acids is 3. The number of aromatic nitrogens is 1. The molecule has 1 saturated heterocycles. The first kappa shape index (κ1) is 25.7. The van der Waals surface area contributed by atoms with E-state index < -0.39 is 17.0 Å². The molecule has 3 amide bonds. The number of benzene rings is 2. The highest BCUT2D eigenvalue weighted by Crippen LogP contribution is 2.35. The molecule has 0 unspecified atom stereocenters. The third-order valence-corrected chi connectivity index (χ3v) is 6.91. The van der Waals surface area contributed by atoms with Gasteiger partial charge in [-0.05, 0) is 42.3 Å². The van der Waals surface area contributed by atoms with Gasteiger partial charge in [0.05, 0.1) is 17.0 Å². The van der Waals surface area contributed by atoms with E-state index in [1.54, 1.807) is 31.4 Å². The summed E-state index contributed by atoms with van der Waals surface area (Å²) in [5, 5.41) is 3.35. The summed E-state index contributed by atoms with van der Waals surface area (Å²) in [4.78, 5) is 39.6. The molecule has 36 heavy (non-hydrogen) atoms. The fourth-order valence-electron chi connectivity index (χ4n) is 4.22. The molecule has 9 heteroatoms. The maximum Gasteiger partial charge on any atom is 0.293 e. The summed E-state index contributed by atoms with van der Waals surface area (Å²) < 4.78 is 21.0. The molecule has 0 radical (unpaired) electrons. The quantitative estimate of drug-likeness (QED) is 0.316. The minimum atomic E-state index is -0.462. The number of hydrogen-bond donors (Lipinski definition) is 1. The fourth-order valence-corrected chi connectivity index (χ4v) is 5.05. The van der Waals surface area contributed by atoms with Gasteiger partial charge in [-0.2, -0.15) is 0 Å². The zero-order valence-corrected chi connectivity index (χ0v) is 21.1. The molecule has 2 heterocycles. The van der Waals surface area contributed by atoms with Crippen LogP contribution in [0.2, 0.25) is 0 Å². The Morgan fingerprint density at radius 3 is 2.67 bits per heavy atom. The Morgan fingerprint density at radius 2 is 1.92 bits per heavy atom. The average Bonchev–Trinajstić information content (AvgIpc) is 3.34. The molecule has 0 atom stereocenters. The van der Waals surface area contributed by atoms with Gasteiger partial charge in [-0.25, -0.2) is 4.39 Å². The number of carbonyl (C=O) groups is 3. The lowest BCUT2D eigenvalue weighted by Gasteiger charge is -2.12. The van der Waals surface area contributed by atoms with Crippen molar-refractivity contribution in [3.8, 4) is 0 Å². The summed E-state index contributed by atoms with van der Waals surface area (Å²) in [7, 11) is 1.62. The van der Waals surface area contributed by atoms with E-state index in [0.29, 0.717) is 13.2 Å². The molecule has 0 aliphatic carbocycles. The summed E-state index contributed by atoms with van der Waals surface area (Å²) in [6, 6.07) is 12.0. The van der Waals surface area contributed by atoms with E-state index in [4.69, 9.17) is 4.74 Å². The maximum absolute atomic E-state index is 14.1. The van der Waals surface area contributed by atoms with Gasteiger partial charge in [-0.3, -0.25) is 19.3 Å². The molecule has 1 N–H and O–H groups in total. The van der Waals surface area contributed by atoms with E-state index in [1.807, 2.05) is 35.9 Å². The van der Waals surface area contributed by atoms with E-state index in [0.717, 1.165) is 51.5 Å². The zero-order chi connectivity index (χ0) is 25.7. The summed E-state index contributed by atoms with van der Waals surface area (Å²) in [6.45, 7) is 3.14. The van der Waals surface area contributed by atoms with Gasteiger partial charge < -0.3 is 14.6 Å². The highest BCUT2D eigenvalue weighted by Gasteiger charge is 2.35. The van der Waals surface area contributed by atoms with Crippen molar-refractivity contribution < 1.29 is 23.5 Å². The number of halogens is 1. The Labute approximate surface area is 213 Å². The topological polar surface area (TPSA) is 80.6 Å². The van der Waals surface area contributed by atoms with E-state index in [2.05, 4.69) is 5.32 Å². The van der Waals surface area contributed by atoms with Crippen LogP contribution in [0.15, 0.2) is 53.6 Å². The normalized spacial score (nSPS) is 14.9. The van der Waals surface area contributed by atoms with Crippen molar-refractivity contribution in [3.05, 3.63) is 76.1 Å². The number of imide groups is 1. The van der Waals surface area contributed by atoms with Crippen LogP contribution in [0.1, 0.15) is 30.0 Å². The zero-order valence-electron chi connectivity index (χ0n) is 20.3. The molecule has 188 valence electrons. The van der Waals surface area contributed by atoms with Crippen molar-refractivity contribution >= 4 is 45.8 Å². The smallest absolute Gasteiger partial charge is 0.293 e. The summed E-state index contributed by atoms with van der Waals surface area (Å²) in [5.41, 5.74) is 3.02. The van der Waals surface area contributed by atoms with Crippen molar-refractivity contribution in [1.82, 2.24) is 14.8 Å². The Kier molecular flexibility index (Phi) is 8.22. The molecule has 4 rings (SSSR count). The van der Waals surface area contributed by atoms with Gasteiger partial charge in [0.25, 0.3) is 11.1 Å². The van der Waals surface area contributed by atoms with Crippen molar-refractivity contribution in [3.63, 3.8) is 0 Å². The van der Waals surface area contributed by atoms with Gasteiger partial charge in [0, 0.05) is 43.0 Å². The largest absolute Gasteiger partial charge is 0.385 e. The van der Waals surface area contributed by atoms with Gasteiger partial charge in [0.1, 0.15) is 12.4 Å². The second-order valence-corrected chi connectivity index (χ2v) is 9.43. The van der Waals surface area contributed by atoms with Crippen LogP contribution in [0.3, 0.4) is 0 Å². The third kappa shape index (κ3) is 5.52. The number of hydrogen-bond acceptors (Lipinski definition) is 5. The summed E-state index contributed by atoms with van der Waals surface area (Å²) in [5.74, 6) is -1.04. The van der Waals surface area contributed by atoms with Crippen LogP contribution in [0.4, 0.5) is 9.18 Å². The molecular formula is C27H28FN3O4S. The first-order chi connectivity index (χ1) is 17.4. The molecule has 7 nitrogen and oxygen atoms in total. The van der Waals surface area contributed by atoms with Crippen LogP contribution in [0, 0.1) is 5.82 Å². The predicted octanol–water partition coefficient (Wildman–Crippen LogP) is 4.73. The predicted molar refractivity (Wildman–Crippen MR) is 139 cm³/mol. The highest BCUT2D eigenvalue weighted by molar-refractivity contribution is 8.18. The van der Waals surface area contributed by atoms with E-state index >= 15 is 0 Å². The van der Waals surface area contributed by atoms with Gasteiger partial charge in [0.15, 0.2) is 0 Å². The molecule has 2 aromatic carbocycles. The Morgan fingerprint density at radius 1 is 1.14 bits per heavy atom. The first-order valence-corrected chi connectivity index (χ1v) is 12.6. The SMILES string of the molecule is CCc1cccc2c(/C=C3\SC(=O)N(Cc4ccccc4F)C3=O)cn(CC(=O)NCCCOC)c12. The lowest BCUT2D eigenvalue weighted by molar-refractivity contribution is -0.123. The number of fused-ring (bicyclic) bond motifs is 1. The van der Waals surface area contributed by atoms with Crippen molar-refractivity contribution in [2.24, 2.45) is 0 Å². The van der Waals surface area contributed by atoms with Crippen molar-refractivity contribution in [2.75, 3.05) is 20.3 Å². The molecule has 1 aromatic heterocycles. The number of rotatable bonds is 10. The third-order valence-electron chi connectivity index (χ3n) is 6.00. The number of para-hydroxylation sites is 1.